The van der Waals surface area contributed by atoms with E-state index in [-0.39, 0.29) is 24.1 Å². The molecule has 4 nitrogen and oxygen atoms in total. The summed E-state index contributed by atoms with van der Waals surface area (Å²) in [5.74, 6) is 0.0802. The monoisotopic (exact) mass is 240 g/mol. The van der Waals surface area contributed by atoms with Crippen LogP contribution in [0.3, 0.4) is 0 Å². The predicted molar refractivity (Wildman–Crippen MR) is 66.7 cm³/mol. The molecule has 0 heterocycles. The molecule has 0 spiro atoms. The minimum Gasteiger partial charge on any atom is -0.394 e. The molecular formula is C13H24N2O2. The lowest BCUT2D eigenvalue weighted by atomic mass is 9.95. The fraction of sp³-hybridized carbons (Fsp3) is 0.923. The van der Waals surface area contributed by atoms with Crippen molar-refractivity contribution in [2.45, 2.75) is 69.5 Å². The van der Waals surface area contributed by atoms with Crippen molar-refractivity contribution >= 4 is 5.91 Å². The van der Waals surface area contributed by atoms with Crippen molar-refractivity contribution in [3.8, 4) is 0 Å². The van der Waals surface area contributed by atoms with Crippen molar-refractivity contribution in [3.63, 3.8) is 0 Å². The number of aliphatic hydroxyl groups excluding tert-OH is 1. The molecule has 0 aromatic rings. The number of aliphatic hydroxyl groups is 1. The second kappa shape index (κ2) is 5.36. The van der Waals surface area contributed by atoms with E-state index in [9.17, 15) is 9.90 Å². The Hall–Kier alpha value is -0.610. The van der Waals surface area contributed by atoms with Gasteiger partial charge < -0.3 is 10.4 Å². The first-order valence-corrected chi connectivity index (χ1v) is 6.84. The number of hydrogen-bond acceptors (Lipinski definition) is 3. The van der Waals surface area contributed by atoms with Gasteiger partial charge in [0, 0.05) is 11.6 Å². The van der Waals surface area contributed by atoms with Crippen LogP contribution in [0.5, 0.6) is 0 Å². The number of hydrogen-bond donors (Lipinski definition) is 3. The fourth-order valence-corrected chi connectivity index (χ4v) is 2.60. The highest BCUT2D eigenvalue weighted by atomic mass is 16.3. The van der Waals surface area contributed by atoms with Crippen LogP contribution < -0.4 is 10.6 Å². The number of amides is 1. The summed E-state index contributed by atoms with van der Waals surface area (Å²) in [5, 5.41) is 15.6. The molecule has 0 aromatic heterocycles. The van der Waals surface area contributed by atoms with Gasteiger partial charge in [0.2, 0.25) is 5.91 Å². The molecule has 2 aliphatic rings. The van der Waals surface area contributed by atoms with Crippen LogP contribution in [0, 0.1) is 0 Å². The third-order valence-electron chi connectivity index (χ3n) is 4.02. The summed E-state index contributed by atoms with van der Waals surface area (Å²) in [7, 11) is 0. The molecule has 2 rings (SSSR count). The van der Waals surface area contributed by atoms with Gasteiger partial charge in [0.1, 0.15) is 0 Å². The van der Waals surface area contributed by atoms with Crippen molar-refractivity contribution < 1.29 is 9.90 Å². The van der Waals surface area contributed by atoms with Crippen LogP contribution in [-0.2, 0) is 4.79 Å². The van der Waals surface area contributed by atoms with Crippen molar-refractivity contribution in [2.24, 2.45) is 0 Å². The first kappa shape index (κ1) is 12.8. The molecule has 2 aliphatic carbocycles. The molecule has 98 valence electrons. The molecule has 0 radical (unpaired) electrons. The summed E-state index contributed by atoms with van der Waals surface area (Å²) < 4.78 is 0. The molecular weight excluding hydrogens is 216 g/mol. The second-order valence-electron chi connectivity index (χ2n) is 5.65. The average molecular weight is 240 g/mol. The zero-order valence-corrected chi connectivity index (χ0v) is 10.7. The van der Waals surface area contributed by atoms with Gasteiger partial charge >= 0.3 is 0 Å². The number of rotatable bonds is 5. The standard InChI is InChI=1S/C13H24N2O2/c1-10(15-13(9-16)7-8-13)12(17)14-11-5-3-2-4-6-11/h10-11,15-16H,2-9H2,1H3,(H,14,17). The number of carbonyl (C=O) groups excluding carboxylic acids is 1. The van der Waals surface area contributed by atoms with Gasteiger partial charge in [-0.15, -0.1) is 0 Å². The third-order valence-corrected chi connectivity index (χ3v) is 4.02. The second-order valence-corrected chi connectivity index (χ2v) is 5.65. The fourth-order valence-electron chi connectivity index (χ4n) is 2.60. The zero-order valence-electron chi connectivity index (χ0n) is 10.7. The normalized spacial score (nSPS) is 25.3. The molecule has 3 N–H and O–H groups in total. The zero-order chi connectivity index (χ0) is 12.3. The first-order chi connectivity index (χ1) is 8.15. The van der Waals surface area contributed by atoms with Crippen molar-refractivity contribution in [1.82, 2.24) is 10.6 Å². The number of nitrogens with one attached hydrogen (secondary N) is 2. The number of carbonyl (C=O) groups is 1. The van der Waals surface area contributed by atoms with E-state index in [0.29, 0.717) is 6.04 Å². The lowest BCUT2D eigenvalue weighted by Crippen LogP contribution is -2.51. The molecule has 1 unspecified atom stereocenters. The van der Waals surface area contributed by atoms with Crippen LogP contribution in [0.4, 0.5) is 0 Å². The summed E-state index contributed by atoms with van der Waals surface area (Å²) in [6.07, 6.45) is 7.94. The summed E-state index contributed by atoms with van der Waals surface area (Å²) in [5.41, 5.74) is -0.163. The van der Waals surface area contributed by atoms with Gasteiger partial charge in [-0.05, 0) is 32.6 Å². The van der Waals surface area contributed by atoms with Gasteiger partial charge in [0.05, 0.1) is 12.6 Å². The maximum atomic E-state index is 12.0. The molecule has 1 amide bonds. The molecule has 0 saturated heterocycles. The maximum Gasteiger partial charge on any atom is 0.237 e. The van der Waals surface area contributed by atoms with Crippen molar-refractivity contribution in [1.29, 1.82) is 0 Å². The highest BCUT2D eigenvalue weighted by molar-refractivity contribution is 5.81. The lowest BCUT2D eigenvalue weighted by molar-refractivity contribution is -0.124. The van der Waals surface area contributed by atoms with Crippen molar-refractivity contribution in [2.75, 3.05) is 6.61 Å². The smallest absolute Gasteiger partial charge is 0.237 e. The molecule has 0 bridgehead atoms. The Morgan fingerprint density at radius 1 is 1.35 bits per heavy atom. The predicted octanol–water partition coefficient (Wildman–Crippen LogP) is 0.938. The quantitative estimate of drug-likeness (QED) is 0.670. The van der Waals surface area contributed by atoms with E-state index in [4.69, 9.17) is 0 Å². The molecule has 4 heteroatoms. The molecule has 2 saturated carbocycles. The minimum absolute atomic E-state index is 0.0802. The van der Waals surface area contributed by atoms with Gasteiger partial charge in [0.15, 0.2) is 0 Å². The van der Waals surface area contributed by atoms with Crippen LogP contribution in [0.15, 0.2) is 0 Å². The van der Waals surface area contributed by atoms with Gasteiger partial charge in [-0.2, -0.15) is 0 Å². The lowest BCUT2D eigenvalue weighted by Gasteiger charge is -2.26. The Balaban J connectivity index is 1.74. The highest BCUT2D eigenvalue weighted by Gasteiger charge is 2.43. The van der Waals surface area contributed by atoms with E-state index in [2.05, 4.69) is 10.6 Å². The van der Waals surface area contributed by atoms with Crippen LogP contribution >= 0.6 is 0 Å². The van der Waals surface area contributed by atoms with Gasteiger partial charge in [-0.1, -0.05) is 19.3 Å². The van der Waals surface area contributed by atoms with Crippen LogP contribution in [0.2, 0.25) is 0 Å². The van der Waals surface area contributed by atoms with E-state index in [1.807, 2.05) is 6.92 Å². The first-order valence-electron chi connectivity index (χ1n) is 6.84. The summed E-state index contributed by atoms with van der Waals surface area (Å²) in [6, 6.07) is 0.163. The molecule has 17 heavy (non-hydrogen) atoms. The molecule has 0 aromatic carbocycles. The maximum absolute atomic E-state index is 12.0. The van der Waals surface area contributed by atoms with E-state index in [1.165, 1.54) is 19.3 Å². The Morgan fingerprint density at radius 2 is 2.00 bits per heavy atom. The van der Waals surface area contributed by atoms with Crippen LogP contribution in [0.25, 0.3) is 0 Å². The Bertz CT molecular complexity index is 271. The van der Waals surface area contributed by atoms with E-state index in [1.54, 1.807) is 0 Å². The van der Waals surface area contributed by atoms with Crippen molar-refractivity contribution in [3.05, 3.63) is 0 Å². The van der Waals surface area contributed by atoms with Gasteiger partial charge in [-0.25, -0.2) is 0 Å². The minimum atomic E-state index is -0.202. The van der Waals surface area contributed by atoms with E-state index in [0.717, 1.165) is 25.7 Å². The topological polar surface area (TPSA) is 61.4 Å². The Kier molecular flexibility index (Phi) is 4.05. The SMILES string of the molecule is CC(NC1(CO)CC1)C(=O)NC1CCCCC1. The molecule has 1 atom stereocenters. The highest BCUT2D eigenvalue weighted by Crippen LogP contribution is 2.35. The van der Waals surface area contributed by atoms with Gasteiger partial charge in [0.25, 0.3) is 0 Å². The largest absolute Gasteiger partial charge is 0.394 e. The summed E-state index contributed by atoms with van der Waals surface area (Å²) >= 11 is 0. The average Bonchev–Trinajstić information content (AvgIpc) is 3.11. The third kappa shape index (κ3) is 3.42. The van der Waals surface area contributed by atoms with Crippen LogP contribution in [-0.4, -0.2) is 35.2 Å². The summed E-state index contributed by atoms with van der Waals surface area (Å²) in [4.78, 5) is 12.0. The van der Waals surface area contributed by atoms with E-state index < -0.39 is 0 Å². The molecule has 0 aliphatic heterocycles. The molecule has 2 fully saturated rings. The summed E-state index contributed by atoms with van der Waals surface area (Å²) in [6.45, 7) is 2.02. The van der Waals surface area contributed by atoms with E-state index >= 15 is 0 Å². The Labute approximate surface area is 103 Å². The van der Waals surface area contributed by atoms with Gasteiger partial charge in [-0.3, -0.25) is 10.1 Å². The van der Waals surface area contributed by atoms with Crippen LogP contribution in [0.1, 0.15) is 51.9 Å². The Morgan fingerprint density at radius 3 is 2.53 bits per heavy atom.